The molecular weight excluding hydrogens is 298 g/mol. The molecule has 0 bridgehead atoms. The predicted octanol–water partition coefficient (Wildman–Crippen LogP) is 0.633. The number of amides is 1. The van der Waals surface area contributed by atoms with E-state index < -0.39 is 11.5 Å². The lowest BCUT2D eigenvalue weighted by atomic mass is 10.1. The van der Waals surface area contributed by atoms with Gasteiger partial charge in [0.25, 0.3) is 11.5 Å². The van der Waals surface area contributed by atoms with Crippen LogP contribution in [0.2, 0.25) is 0 Å². The SMILES string of the molecule is Cc1ccc(CCNC(=O)c2[nH]nc3nc[nH]c(=O)c23)cc1O. The van der Waals surface area contributed by atoms with E-state index >= 15 is 0 Å². The number of hydrogen-bond donors (Lipinski definition) is 4. The number of aryl methyl sites for hydroxylation is 1. The average Bonchev–Trinajstić information content (AvgIpc) is 2.96. The molecule has 3 rings (SSSR count). The molecule has 118 valence electrons. The maximum absolute atomic E-state index is 12.2. The minimum Gasteiger partial charge on any atom is -0.508 e. The predicted molar refractivity (Wildman–Crippen MR) is 83.4 cm³/mol. The van der Waals surface area contributed by atoms with E-state index in [2.05, 4.69) is 25.5 Å². The van der Waals surface area contributed by atoms with Gasteiger partial charge >= 0.3 is 0 Å². The van der Waals surface area contributed by atoms with Gasteiger partial charge in [0.2, 0.25) is 0 Å². The number of aromatic nitrogens is 4. The summed E-state index contributed by atoms with van der Waals surface area (Å²) in [4.78, 5) is 30.2. The molecule has 3 aromatic rings. The van der Waals surface area contributed by atoms with Crippen molar-refractivity contribution in [3.63, 3.8) is 0 Å². The van der Waals surface area contributed by atoms with Crippen molar-refractivity contribution >= 4 is 16.9 Å². The third kappa shape index (κ3) is 2.91. The van der Waals surface area contributed by atoms with Crippen molar-refractivity contribution in [1.82, 2.24) is 25.5 Å². The number of phenolic OH excluding ortho intramolecular Hbond substituents is 1. The van der Waals surface area contributed by atoms with Gasteiger partial charge in [-0.1, -0.05) is 12.1 Å². The van der Waals surface area contributed by atoms with Crippen molar-refractivity contribution in [2.45, 2.75) is 13.3 Å². The molecule has 0 aliphatic heterocycles. The summed E-state index contributed by atoms with van der Waals surface area (Å²) >= 11 is 0. The second-order valence-electron chi connectivity index (χ2n) is 5.16. The van der Waals surface area contributed by atoms with Crippen molar-refractivity contribution in [2.75, 3.05) is 6.54 Å². The summed E-state index contributed by atoms with van der Waals surface area (Å²) in [5, 5.41) is 18.9. The fraction of sp³-hybridized carbons (Fsp3) is 0.200. The zero-order chi connectivity index (χ0) is 16.4. The van der Waals surface area contributed by atoms with Gasteiger partial charge in [0.1, 0.15) is 16.8 Å². The second-order valence-corrected chi connectivity index (χ2v) is 5.16. The summed E-state index contributed by atoms with van der Waals surface area (Å²) in [6.07, 6.45) is 1.79. The van der Waals surface area contributed by atoms with Crippen LogP contribution < -0.4 is 10.9 Å². The number of H-pyrrole nitrogens is 2. The van der Waals surface area contributed by atoms with Gasteiger partial charge in [-0.2, -0.15) is 5.10 Å². The number of rotatable bonds is 4. The van der Waals surface area contributed by atoms with Crippen molar-refractivity contribution in [3.05, 3.63) is 51.7 Å². The highest BCUT2D eigenvalue weighted by Crippen LogP contribution is 2.17. The van der Waals surface area contributed by atoms with Crippen LogP contribution in [0.15, 0.2) is 29.3 Å². The molecule has 0 fully saturated rings. The van der Waals surface area contributed by atoms with E-state index in [4.69, 9.17) is 0 Å². The summed E-state index contributed by atoms with van der Waals surface area (Å²) in [5.74, 6) is -0.201. The van der Waals surface area contributed by atoms with Gasteiger partial charge in [-0.15, -0.1) is 0 Å². The molecule has 1 aromatic carbocycles. The number of aromatic amines is 2. The fourth-order valence-corrected chi connectivity index (χ4v) is 2.25. The van der Waals surface area contributed by atoms with E-state index in [0.29, 0.717) is 13.0 Å². The number of aromatic hydroxyl groups is 1. The number of nitrogens with one attached hydrogen (secondary N) is 3. The molecule has 0 aliphatic carbocycles. The van der Waals surface area contributed by atoms with E-state index in [-0.39, 0.29) is 22.5 Å². The summed E-state index contributed by atoms with van der Waals surface area (Å²) in [7, 11) is 0. The molecule has 8 heteroatoms. The van der Waals surface area contributed by atoms with E-state index in [9.17, 15) is 14.7 Å². The zero-order valence-corrected chi connectivity index (χ0v) is 12.4. The highest BCUT2D eigenvalue weighted by atomic mass is 16.3. The Morgan fingerprint density at radius 1 is 1.39 bits per heavy atom. The quantitative estimate of drug-likeness (QED) is 0.562. The van der Waals surface area contributed by atoms with Crippen LogP contribution in [0.25, 0.3) is 11.0 Å². The van der Waals surface area contributed by atoms with Crippen molar-refractivity contribution < 1.29 is 9.90 Å². The average molecular weight is 313 g/mol. The number of fused-ring (bicyclic) bond motifs is 1. The third-order valence-corrected chi connectivity index (χ3v) is 3.56. The molecule has 8 nitrogen and oxygen atoms in total. The number of phenols is 1. The van der Waals surface area contributed by atoms with E-state index in [1.54, 1.807) is 6.07 Å². The van der Waals surface area contributed by atoms with E-state index in [1.165, 1.54) is 6.33 Å². The van der Waals surface area contributed by atoms with Gasteiger partial charge in [0.05, 0.1) is 6.33 Å². The first-order chi connectivity index (χ1) is 11.1. The molecule has 0 radical (unpaired) electrons. The molecule has 2 aromatic heterocycles. The van der Waals surface area contributed by atoms with Crippen LogP contribution in [0, 0.1) is 6.92 Å². The molecule has 0 saturated carbocycles. The molecule has 0 aliphatic rings. The van der Waals surface area contributed by atoms with Crippen LogP contribution in [0.1, 0.15) is 21.6 Å². The second kappa shape index (κ2) is 5.91. The summed E-state index contributed by atoms with van der Waals surface area (Å²) in [6, 6.07) is 5.38. The van der Waals surface area contributed by atoms with Gasteiger partial charge in [0, 0.05) is 6.54 Å². The first-order valence-corrected chi connectivity index (χ1v) is 7.04. The Hall–Kier alpha value is -3.16. The molecule has 4 N–H and O–H groups in total. The van der Waals surface area contributed by atoms with Crippen LogP contribution in [-0.4, -0.2) is 37.7 Å². The monoisotopic (exact) mass is 313 g/mol. The maximum Gasteiger partial charge on any atom is 0.270 e. The minimum absolute atomic E-state index is 0.0844. The maximum atomic E-state index is 12.2. The van der Waals surface area contributed by atoms with Gasteiger partial charge in [-0.25, -0.2) is 4.98 Å². The number of nitrogens with zero attached hydrogens (tertiary/aromatic N) is 2. The molecule has 0 atom stereocenters. The van der Waals surface area contributed by atoms with Gasteiger partial charge < -0.3 is 15.4 Å². The van der Waals surface area contributed by atoms with Gasteiger partial charge in [-0.3, -0.25) is 14.7 Å². The number of carbonyl (C=O) groups excluding carboxylic acids is 1. The number of benzene rings is 1. The van der Waals surface area contributed by atoms with Crippen molar-refractivity contribution in [1.29, 1.82) is 0 Å². The molecular formula is C15H15N5O3. The highest BCUT2D eigenvalue weighted by Gasteiger charge is 2.16. The van der Waals surface area contributed by atoms with Crippen LogP contribution in [0.3, 0.4) is 0 Å². The Labute approximate surface area is 130 Å². The largest absolute Gasteiger partial charge is 0.508 e. The minimum atomic E-state index is -0.428. The highest BCUT2D eigenvalue weighted by molar-refractivity contribution is 6.03. The summed E-state index contributed by atoms with van der Waals surface area (Å²) in [5.41, 5.74) is 1.57. The molecule has 0 saturated heterocycles. The Bertz CT molecular complexity index is 928. The Morgan fingerprint density at radius 3 is 3.00 bits per heavy atom. The Kier molecular flexibility index (Phi) is 3.80. The van der Waals surface area contributed by atoms with Gasteiger partial charge in [-0.05, 0) is 30.5 Å². The lowest BCUT2D eigenvalue weighted by Gasteiger charge is -2.06. The number of hydrogen-bond acceptors (Lipinski definition) is 5. The third-order valence-electron chi connectivity index (χ3n) is 3.56. The molecule has 0 unspecified atom stereocenters. The molecule has 23 heavy (non-hydrogen) atoms. The Balaban J connectivity index is 1.69. The fourth-order valence-electron chi connectivity index (χ4n) is 2.25. The first kappa shape index (κ1) is 14.8. The van der Waals surface area contributed by atoms with Crippen LogP contribution in [0.4, 0.5) is 0 Å². The zero-order valence-electron chi connectivity index (χ0n) is 12.4. The van der Waals surface area contributed by atoms with Crippen LogP contribution in [-0.2, 0) is 6.42 Å². The normalized spacial score (nSPS) is 10.8. The van der Waals surface area contributed by atoms with Crippen LogP contribution >= 0.6 is 0 Å². The summed E-state index contributed by atoms with van der Waals surface area (Å²) in [6.45, 7) is 2.18. The molecule has 0 spiro atoms. The Morgan fingerprint density at radius 2 is 2.22 bits per heavy atom. The standard InChI is InChI=1S/C15H15N5O3/c1-8-2-3-9(6-10(8)21)4-5-16-15(23)12-11-13(20-19-12)17-7-18-14(11)22/h2-3,6-7,21H,4-5H2,1H3,(H,16,23)(H2,17,18,19,20,22). The lowest BCUT2D eigenvalue weighted by Crippen LogP contribution is -2.27. The number of carbonyl (C=O) groups is 1. The van der Waals surface area contributed by atoms with Crippen molar-refractivity contribution in [2.24, 2.45) is 0 Å². The topological polar surface area (TPSA) is 124 Å². The molecule has 2 heterocycles. The lowest BCUT2D eigenvalue weighted by molar-refractivity contribution is 0.0950. The van der Waals surface area contributed by atoms with Crippen molar-refractivity contribution in [3.8, 4) is 5.75 Å². The van der Waals surface area contributed by atoms with E-state index in [0.717, 1.165) is 11.1 Å². The molecule has 1 amide bonds. The smallest absolute Gasteiger partial charge is 0.270 e. The van der Waals surface area contributed by atoms with Crippen LogP contribution in [0.5, 0.6) is 5.75 Å². The van der Waals surface area contributed by atoms with E-state index in [1.807, 2.05) is 19.1 Å². The van der Waals surface area contributed by atoms with Gasteiger partial charge in [0.15, 0.2) is 5.65 Å². The summed E-state index contributed by atoms with van der Waals surface area (Å²) < 4.78 is 0. The first-order valence-electron chi connectivity index (χ1n) is 7.04.